The Labute approximate surface area is 105 Å². The molecule has 2 aliphatic heterocycles. The second kappa shape index (κ2) is 5.65. The molecule has 0 aromatic heterocycles. The first kappa shape index (κ1) is 13.3. The lowest BCUT2D eigenvalue weighted by atomic mass is 9.99. The van der Waals surface area contributed by atoms with Crippen molar-refractivity contribution in [1.82, 2.24) is 9.80 Å². The van der Waals surface area contributed by atoms with Crippen molar-refractivity contribution in [3.05, 3.63) is 0 Å². The Kier molecular flexibility index (Phi) is 4.42. The zero-order chi connectivity index (χ0) is 12.3. The standard InChI is InChI=1S/C13H26N2O2/c1-13(2)11-15(8-7-14(13)3)6-5-12-16-9-4-10-17-12/h12H,4-11H2,1-3H3. The van der Waals surface area contributed by atoms with E-state index in [2.05, 4.69) is 30.7 Å². The highest BCUT2D eigenvalue weighted by molar-refractivity contribution is 4.88. The maximum absolute atomic E-state index is 5.58. The van der Waals surface area contributed by atoms with Gasteiger partial charge in [0.15, 0.2) is 6.29 Å². The molecule has 100 valence electrons. The number of nitrogens with zero attached hydrogens (tertiary/aromatic N) is 2. The first-order valence-electron chi connectivity index (χ1n) is 6.75. The molecule has 17 heavy (non-hydrogen) atoms. The first-order valence-corrected chi connectivity index (χ1v) is 6.75. The molecule has 0 aliphatic carbocycles. The normalized spacial score (nSPS) is 28.4. The smallest absolute Gasteiger partial charge is 0.158 e. The zero-order valence-electron chi connectivity index (χ0n) is 11.4. The first-order chi connectivity index (χ1) is 8.08. The van der Waals surface area contributed by atoms with Crippen molar-refractivity contribution in [2.75, 3.05) is 46.4 Å². The van der Waals surface area contributed by atoms with E-state index < -0.39 is 0 Å². The lowest BCUT2D eigenvalue weighted by Crippen LogP contribution is -2.57. The number of hydrogen-bond donors (Lipinski definition) is 0. The van der Waals surface area contributed by atoms with Crippen LogP contribution in [0.5, 0.6) is 0 Å². The fraction of sp³-hybridized carbons (Fsp3) is 1.00. The van der Waals surface area contributed by atoms with E-state index in [9.17, 15) is 0 Å². The summed E-state index contributed by atoms with van der Waals surface area (Å²) >= 11 is 0. The Morgan fingerprint density at radius 1 is 1.18 bits per heavy atom. The van der Waals surface area contributed by atoms with Crippen LogP contribution in [0, 0.1) is 0 Å². The van der Waals surface area contributed by atoms with E-state index in [4.69, 9.17) is 9.47 Å². The summed E-state index contributed by atoms with van der Waals surface area (Å²) in [5, 5.41) is 0. The summed E-state index contributed by atoms with van der Waals surface area (Å²) in [5.41, 5.74) is 0.284. The van der Waals surface area contributed by atoms with Gasteiger partial charge in [-0.2, -0.15) is 0 Å². The molecule has 0 bridgehead atoms. The van der Waals surface area contributed by atoms with E-state index in [0.29, 0.717) is 0 Å². The molecule has 2 aliphatic rings. The van der Waals surface area contributed by atoms with Gasteiger partial charge in [0.25, 0.3) is 0 Å². The van der Waals surface area contributed by atoms with Gasteiger partial charge in [-0.25, -0.2) is 0 Å². The Hall–Kier alpha value is -0.160. The molecule has 2 fully saturated rings. The van der Waals surface area contributed by atoms with Crippen LogP contribution in [-0.2, 0) is 9.47 Å². The van der Waals surface area contributed by atoms with Gasteiger partial charge in [-0.3, -0.25) is 4.90 Å². The summed E-state index contributed by atoms with van der Waals surface area (Å²) in [5.74, 6) is 0. The maximum atomic E-state index is 5.58. The highest BCUT2D eigenvalue weighted by atomic mass is 16.7. The number of likely N-dealkylation sites (N-methyl/N-ethyl adjacent to an activating group) is 1. The second-order valence-corrected chi connectivity index (χ2v) is 5.82. The SMILES string of the molecule is CN1CCN(CCC2OCCCO2)CC1(C)C. The van der Waals surface area contributed by atoms with E-state index >= 15 is 0 Å². The summed E-state index contributed by atoms with van der Waals surface area (Å²) in [7, 11) is 2.21. The number of ether oxygens (including phenoxy) is 2. The summed E-state index contributed by atoms with van der Waals surface area (Å²) in [6.45, 7) is 10.9. The predicted molar refractivity (Wildman–Crippen MR) is 68.1 cm³/mol. The second-order valence-electron chi connectivity index (χ2n) is 5.82. The number of piperazine rings is 1. The molecule has 4 heteroatoms. The fourth-order valence-electron chi connectivity index (χ4n) is 2.52. The van der Waals surface area contributed by atoms with Gasteiger partial charge >= 0.3 is 0 Å². The van der Waals surface area contributed by atoms with Gasteiger partial charge in [0, 0.05) is 38.1 Å². The maximum Gasteiger partial charge on any atom is 0.158 e. The number of rotatable bonds is 3. The zero-order valence-corrected chi connectivity index (χ0v) is 11.4. The van der Waals surface area contributed by atoms with E-state index in [1.807, 2.05) is 0 Å². The quantitative estimate of drug-likeness (QED) is 0.741. The van der Waals surface area contributed by atoms with Gasteiger partial charge in [-0.1, -0.05) is 0 Å². The Morgan fingerprint density at radius 3 is 2.53 bits per heavy atom. The lowest BCUT2D eigenvalue weighted by molar-refractivity contribution is -0.183. The van der Waals surface area contributed by atoms with Crippen LogP contribution in [0.2, 0.25) is 0 Å². The molecule has 0 aromatic carbocycles. The van der Waals surface area contributed by atoms with Crippen molar-refractivity contribution in [3.8, 4) is 0 Å². The molecule has 0 N–H and O–H groups in total. The highest BCUT2D eigenvalue weighted by Gasteiger charge is 2.31. The monoisotopic (exact) mass is 242 g/mol. The van der Waals surface area contributed by atoms with Gasteiger partial charge in [-0.15, -0.1) is 0 Å². The summed E-state index contributed by atoms with van der Waals surface area (Å²) in [6, 6.07) is 0. The molecule has 0 aromatic rings. The summed E-state index contributed by atoms with van der Waals surface area (Å²) < 4.78 is 11.2. The molecular formula is C13H26N2O2. The molecule has 2 rings (SSSR count). The summed E-state index contributed by atoms with van der Waals surface area (Å²) in [6.07, 6.45) is 2.07. The average molecular weight is 242 g/mol. The molecule has 0 saturated carbocycles. The molecule has 0 unspecified atom stereocenters. The van der Waals surface area contributed by atoms with Crippen LogP contribution in [0.3, 0.4) is 0 Å². The lowest BCUT2D eigenvalue weighted by Gasteiger charge is -2.45. The van der Waals surface area contributed by atoms with Crippen molar-refractivity contribution in [1.29, 1.82) is 0 Å². The number of hydrogen-bond acceptors (Lipinski definition) is 4. The van der Waals surface area contributed by atoms with Crippen LogP contribution in [0.15, 0.2) is 0 Å². The van der Waals surface area contributed by atoms with Gasteiger partial charge in [0.05, 0.1) is 13.2 Å². The van der Waals surface area contributed by atoms with E-state index in [1.54, 1.807) is 0 Å². The molecule has 0 amide bonds. The molecule has 2 saturated heterocycles. The minimum absolute atomic E-state index is 0.0338. The van der Waals surface area contributed by atoms with Crippen molar-refractivity contribution < 1.29 is 9.47 Å². The molecular weight excluding hydrogens is 216 g/mol. The van der Waals surface area contributed by atoms with Gasteiger partial charge in [0.2, 0.25) is 0 Å². The third-order valence-corrected chi connectivity index (χ3v) is 3.97. The van der Waals surface area contributed by atoms with Gasteiger partial charge in [0.1, 0.15) is 0 Å². The van der Waals surface area contributed by atoms with Gasteiger partial charge < -0.3 is 14.4 Å². The largest absolute Gasteiger partial charge is 0.353 e. The van der Waals surface area contributed by atoms with Crippen LogP contribution >= 0.6 is 0 Å². The van der Waals surface area contributed by atoms with Crippen LogP contribution in [-0.4, -0.2) is 68.1 Å². The fourth-order valence-corrected chi connectivity index (χ4v) is 2.52. The van der Waals surface area contributed by atoms with Crippen molar-refractivity contribution in [2.24, 2.45) is 0 Å². The van der Waals surface area contributed by atoms with E-state index in [1.165, 1.54) is 0 Å². The van der Waals surface area contributed by atoms with Crippen LogP contribution < -0.4 is 0 Å². The third-order valence-electron chi connectivity index (χ3n) is 3.97. The molecule has 0 atom stereocenters. The minimum Gasteiger partial charge on any atom is -0.353 e. The van der Waals surface area contributed by atoms with Crippen LogP contribution in [0.4, 0.5) is 0 Å². The van der Waals surface area contributed by atoms with E-state index in [-0.39, 0.29) is 11.8 Å². The Bertz CT molecular complexity index is 240. The predicted octanol–water partition coefficient (Wildman–Crippen LogP) is 1.17. The van der Waals surface area contributed by atoms with Crippen molar-refractivity contribution in [3.63, 3.8) is 0 Å². The topological polar surface area (TPSA) is 24.9 Å². The van der Waals surface area contributed by atoms with Crippen LogP contribution in [0.25, 0.3) is 0 Å². The average Bonchev–Trinajstić information content (AvgIpc) is 2.32. The van der Waals surface area contributed by atoms with Crippen LogP contribution in [0.1, 0.15) is 26.7 Å². The summed E-state index contributed by atoms with van der Waals surface area (Å²) in [4.78, 5) is 4.97. The minimum atomic E-state index is 0.0338. The van der Waals surface area contributed by atoms with Gasteiger partial charge in [-0.05, 0) is 27.3 Å². The third kappa shape index (κ3) is 3.65. The molecule has 4 nitrogen and oxygen atoms in total. The van der Waals surface area contributed by atoms with Crippen molar-refractivity contribution >= 4 is 0 Å². The molecule has 0 spiro atoms. The van der Waals surface area contributed by atoms with Crippen molar-refractivity contribution in [2.45, 2.75) is 38.5 Å². The molecule has 2 heterocycles. The molecule has 0 radical (unpaired) electrons. The highest BCUT2D eigenvalue weighted by Crippen LogP contribution is 2.19. The Morgan fingerprint density at radius 2 is 1.88 bits per heavy atom. The van der Waals surface area contributed by atoms with E-state index in [0.717, 1.165) is 52.2 Å². The Balaban J connectivity index is 1.72.